The van der Waals surface area contributed by atoms with Gasteiger partial charge in [0.1, 0.15) is 0 Å². The van der Waals surface area contributed by atoms with Gasteiger partial charge in [0.2, 0.25) is 15.9 Å². The number of anilines is 1. The first-order chi connectivity index (χ1) is 15.9. The van der Waals surface area contributed by atoms with E-state index in [-0.39, 0.29) is 17.3 Å². The second-order valence-corrected chi connectivity index (χ2v) is 11.1. The summed E-state index contributed by atoms with van der Waals surface area (Å²) in [4.78, 5) is 15.1. The minimum Gasteiger partial charge on any atom is -0.311 e. The largest absolute Gasteiger partial charge is 0.311 e. The molecular weight excluding hydrogens is 452 g/mol. The zero-order chi connectivity index (χ0) is 23.3. The Morgan fingerprint density at radius 2 is 1.64 bits per heavy atom. The molecule has 33 heavy (non-hydrogen) atoms. The lowest BCUT2D eigenvalue weighted by Gasteiger charge is -2.25. The number of carbonyl (C=O) groups is 1. The standard InChI is InChI=1S/C26H28N2O3S2/c1-21(29)28-16-8-18-32-26-14-13-24(19-25(26)28)33(30,31)27(20-23-11-6-3-7-12-23)17-15-22-9-4-2-5-10-22/h2-7,9-14,19H,8,15-18,20H2,1H3. The quantitative estimate of drug-likeness (QED) is 0.479. The Kier molecular flexibility index (Phi) is 7.53. The van der Waals surface area contributed by atoms with Crippen LogP contribution in [-0.2, 0) is 27.8 Å². The van der Waals surface area contributed by atoms with E-state index >= 15 is 0 Å². The van der Waals surface area contributed by atoms with Crippen molar-refractivity contribution in [2.45, 2.75) is 36.1 Å². The van der Waals surface area contributed by atoms with Crippen molar-refractivity contribution in [3.8, 4) is 0 Å². The molecule has 0 aliphatic carbocycles. The van der Waals surface area contributed by atoms with Crippen LogP contribution in [0.2, 0.25) is 0 Å². The highest BCUT2D eigenvalue weighted by Crippen LogP contribution is 2.36. The number of amides is 1. The van der Waals surface area contributed by atoms with Crippen molar-refractivity contribution in [3.05, 3.63) is 90.0 Å². The molecule has 0 atom stereocenters. The van der Waals surface area contributed by atoms with Crippen LogP contribution >= 0.6 is 11.8 Å². The first kappa shape index (κ1) is 23.5. The topological polar surface area (TPSA) is 57.7 Å². The summed E-state index contributed by atoms with van der Waals surface area (Å²) in [5.74, 6) is 0.832. The molecular formula is C26H28N2O3S2. The molecule has 172 valence electrons. The molecule has 0 saturated heterocycles. The Morgan fingerprint density at radius 3 is 2.30 bits per heavy atom. The Bertz CT molecular complexity index is 1200. The van der Waals surface area contributed by atoms with Crippen molar-refractivity contribution in [2.75, 3.05) is 23.7 Å². The Hall–Kier alpha value is -2.61. The number of hydrogen-bond acceptors (Lipinski definition) is 4. The number of hydrogen-bond donors (Lipinski definition) is 0. The highest BCUT2D eigenvalue weighted by atomic mass is 32.2. The number of carbonyl (C=O) groups excluding carboxylic acids is 1. The Morgan fingerprint density at radius 1 is 0.970 bits per heavy atom. The van der Waals surface area contributed by atoms with E-state index in [1.165, 1.54) is 6.92 Å². The fourth-order valence-electron chi connectivity index (χ4n) is 3.96. The highest BCUT2D eigenvalue weighted by Gasteiger charge is 2.28. The number of fused-ring (bicyclic) bond motifs is 1. The molecule has 1 heterocycles. The van der Waals surface area contributed by atoms with E-state index in [2.05, 4.69) is 0 Å². The van der Waals surface area contributed by atoms with Crippen LogP contribution in [0.5, 0.6) is 0 Å². The molecule has 0 aromatic heterocycles. The molecule has 0 unspecified atom stereocenters. The van der Waals surface area contributed by atoms with Crippen molar-refractivity contribution in [1.29, 1.82) is 0 Å². The molecule has 0 saturated carbocycles. The molecule has 5 nitrogen and oxygen atoms in total. The van der Waals surface area contributed by atoms with Crippen molar-refractivity contribution in [1.82, 2.24) is 4.31 Å². The van der Waals surface area contributed by atoms with E-state index in [1.54, 1.807) is 33.1 Å². The number of rotatable bonds is 7. The van der Waals surface area contributed by atoms with Crippen LogP contribution in [-0.4, -0.2) is 37.5 Å². The molecule has 1 aliphatic heterocycles. The number of benzene rings is 3. The van der Waals surface area contributed by atoms with Gasteiger partial charge in [-0.1, -0.05) is 60.7 Å². The van der Waals surface area contributed by atoms with Gasteiger partial charge in [-0.3, -0.25) is 4.79 Å². The number of nitrogens with zero attached hydrogens (tertiary/aromatic N) is 2. The minimum atomic E-state index is -3.78. The smallest absolute Gasteiger partial charge is 0.243 e. The van der Waals surface area contributed by atoms with Crippen LogP contribution in [0.1, 0.15) is 24.5 Å². The zero-order valence-corrected chi connectivity index (χ0v) is 20.3. The van der Waals surface area contributed by atoms with Crippen molar-refractivity contribution >= 4 is 33.4 Å². The van der Waals surface area contributed by atoms with Gasteiger partial charge in [-0.05, 0) is 47.9 Å². The lowest BCUT2D eigenvalue weighted by Crippen LogP contribution is -2.33. The summed E-state index contributed by atoms with van der Waals surface area (Å²) in [6.45, 7) is 2.78. The summed E-state index contributed by atoms with van der Waals surface area (Å²) in [7, 11) is -3.78. The Balaban J connectivity index is 1.68. The maximum atomic E-state index is 13.8. The molecule has 3 aromatic rings. The first-order valence-corrected chi connectivity index (χ1v) is 13.5. The minimum absolute atomic E-state index is 0.0708. The second kappa shape index (κ2) is 10.5. The summed E-state index contributed by atoms with van der Waals surface area (Å²) >= 11 is 1.67. The van der Waals surface area contributed by atoms with Gasteiger partial charge in [0.15, 0.2) is 0 Å². The second-order valence-electron chi connectivity index (χ2n) is 8.06. The van der Waals surface area contributed by atoms with Gasteiger partial charge in [-0.15, -0.1) is 11.8 Å². The van der Waals surface area contributed by atoms with Crippen LogP contribution in [0, 0.1) is 0 Å². The van der Waals surface area contributed by atoms with Crippen LogP contribution < -0.4 is 4.90 Å². The average Bonchev–Trinajstić information content (AvgIpc) is 3.05. The van der Waals surface area contributed by atoms with E-state index in [4.69, 9.17) is 0 Å². The summed E-state index contributed by atoms with van der Waals surface area (Å²) < 4.78 is 29.2. The molecule has 4 rings (SSSR count). The Labute approximate surface area is 200 Å². The monoisotopic (exact) mass is 480 g/mol. The van der Waals surface area contributed by atoms with Gasteiger partial charge in [-0.25, -0.2) is 8.42 Å². The zero-order valence-electron chi connectivity index (χ0n) is 18.7. The van der Waals surface area contributed by atoms with Crippen LogP contribution in [0.15, 0.2) is 88.7 Å². The normalized spacial score (nSPS) is 14.1. The summed E-state index contributed by atoms with van der Waals surface area (Å²) in [6, 6.07) is 24.7. The first-order valence-electron chi connectivity index (χ1n) is 11.1. The molecule has 3 aromatic carbocycles. The summed E-state index contributed by atoms with van der Waals surface area (Å²) in [6.07, 6.45) is 1.49. The fourth-order valence-corrected chi connectivity index (χ4v) is 6.39. The van der Waals surface area contributed by atoms with Gasteiger partial charge < -0.3 is 4.90 Å². The molecule has 0 bridgehead atoms. The molecule has 1 aliphatic rings. The molecule has 0 fully saturated rings. The molecule has 0 spiro atoms. The maximum absolute atomic E-state index is 13.8. The third kappa shape index (κ3) is 5.66. The van der Waals surface area contributed by atoms with Crippen LogP contribution in [0.3, 0.4) is 0 Å². The van der Waals surface area contributed by atoms with Crippen molar-refractivity contribution in [2.24, 2.45) is 0 Å². The maximum Gasteiger partial charge on any atom is 0.243 e. The SMILES string of the molecule is CC(=O)N1CCCSc2ccc(S(=O)(=O)N(CCc3ccccc3)Cc3ccccc3)cc21. The van der Waals surface area contributed by atoms with Gasteiger partial charge in [0.25, 0.3) is 0 Å². The van der Waals surface area contributed by atoms with Crippen LogP contribution in [0.25, 0.3) is 0 Å². The van der Waals surface area contributed by atoms with Gasteiger partial charge in [0.05, 0.1) is 10.6 Å². The predicted octanol–water partition coefficient (Wildman–Crippen LogP) is 4.97. The number of thioether (sulfide) groups is 1. The lowest BCUT2D eigenvalue weighted by molar-refractivity contribution is -0.116. The third-order valence-electron chi connectivity index (χ3n) is 5.72. The lowest BCUT2D eigenvalue weighted by atomic mass is 10.1. The van der Waals surface area contributed by atoms with Gasteiger partial charge in [-0.2, -0.15) is 4.31 Å². The summed E-state index contributed by atoms with van der Waals surface area (Å²) in [5, 5.41) is 0. The molecule has 1 amide bonds. The molecule has 7 heteroatoms. The van der Waals surface area contributed by atoms with E-state index in [9.17, 15) is 13.2 Å². The number of sulfonamides is 1. The average molecular weight is 481 g/mol. The molecule has 0 radical (unpaired) electrons. The van der Waals surface area contributed by atoms with E-state index < -0.39 is 10.0 Å². The fraction of sp³-hybridized carbons (Fsp3) is 0.269. The highest BCUT2D eigenvalue weighted by molar-refractivity contribution is 7.99. The van der Waals surface area contributed by atoms with Gasteiger partial charge in [0, 0.05) is 31.5 Å². The van der Waals surface area contributed by atoms with E-state index in [1.807, 2.05) is 66.7 Å². The van der Waals surface area contributed by atoms with Gasteiger partial charge >= 0.3 is 0 Å². The predicted molar refractivity (Wildman–Crippen MR) is 134 cm³/mol. The van der Waals surface area contributed by atoms with E-state index in [0.717, 1.165) is 28.2 Å². The van der Waals surface area contributed by atoms with E-state index in [0.29, 0.717) is 25.2 Å². The third-order valence-corrected chi connectivity index (χ3v) is 8.71. The van der Waals surface area contributed by atoms with Crippen molar-refractivity contribution < 1.29 is 13.2 Å². The van der Waals surface area contributed by atoms with Crippen LogP contribution in [0.4, 0.5) is 5.69 Å². The summed E-state index contributed by atoms with van der Waals surface area (Å²) in [5.41, 5.74) is 2.71. The molecule has 0 N–H and O–H groups in total. The van der Waals surface area contributed by atoms with Crippen molar-refractivity contribution in [3.63, 3.8) is 0 Å².